The maximum Gasteiger partial charge on any atom is 0.329 e. The quantitative estimate of drug-likeness (QED) is 0.770. The van der Waals surface area contributed by atoms with Gasteiger partial charge in [0.1, 0.15) is 11.2 Å². The first-order chi connectivity index (χ1) is 9.07. The first-order valence-electron chi connectivity index (χ1n) is 6.61. The van der Waals surface area contributed by atoms with Crippen LogP contribution in [0.3, 0.4) is 0 Å². The van der Waals surface area contributed by atoms with Crippen LogP contribution in [0.2, 0.25) is 0 Å². The number of carbonyl (C=O) groups is 2. The monoisotopic (exact) mass is 265 g/mol. The number of amides is 1. The summed E-state index contributed by atoms with van der Waals surface area (Å²) in [6, 6.07) is 0. The van der Waals surface area contributed by atoms with Crippen LogP contribution in [0.4, 0.5) is 0 Å². The van der Waals surface area contributed by atoms with E-state index in [4.69, 9.17) is 0 Å². The van der Waals surface area contributed by atoms with Crippen molar-refractivity contribution in [1.82, 2.24) is 15.3 Å². The zero-order valence-corrected chi connectivity index (χ0v) is 11.0. The number of aliphatic carboxylic acids is 1. The number of rotatable bonds is 4. The van der Waals surface area contributed by atoms with E-state index in [-0.39, 0.29) is 0 Å². The minimum atomic E-state index is -1.13. The van der Waals surface area contributed by atoms with Gasteiger partial charge in [0.05, 0.1) is 12.5 Å². The summed E-state index contributed by atoms with van der Waals surface area (Å²) in [5, 5.41) is 12.1. The summed E-state index contributed by atoms with van der Waals surface area (Å²) in [4.78, 5) is 30.0. The molecular formula is C13H19N3O3. The third kappa shape index (κ3) is 2.77. The van der Waals surface area contributed by atoms with Gasteiger partial charge in [0.2, 0.25) is 0 Å². The second-order valence-electron chi connectivity index (χ2n) is 5.16. The molecule has 1 aliphatic carbocycles. The van der Waals surface area contributed by atoms with E-state index in [2.05, 4.69) is 22.2 Å². The van der Waals surface area contributed by atoms with Crippen LogP contribution in [-0.4, -0.2) is 32.5 Å². The molecule has 0 atom stereocenters. The number of carbonyl (C=O) groups excluding carboxylic acids is 1. The summed E-state index contributed by atoms with van der Waals surface area (Å²) in [5.74, 6) is -0.790. The summed E-state index contributed by atoms with van der Waals surface area (Å²) in [7, 11) is 0. The molecular weight excluding hydrogens is 246 g/mol. The molecule has 1 saturated carbocycles. The highest BCUT2D eigenvalue weighted by Crippen LogP contribution is 2.34. The number of carboxylic acids is 1. The van der Waals surface area contributed by atoms with Crippen LogP contribution in [0.1, 0.15) is 49.5 Å². The summed E-state index contributed by atoms with van der Waals surface area (Å²) in [6.07, 6.45) is 6.50. The molecule has 0 saturated heterocycles. The molecule has 0 aliphatic heterocycles. The Morgan fingerprint density at radius 1 is 1.53 bits per heavy atom. The maximum absolute atomic E-state index is 12.0. The summed E-state index contributed by atoms with van der Waals surface area (Å²) in [5.41, 5.74) is -0.841. The highest BCUT2D eigenvalue weighted by molar-refractivity contribution is 5.96. The van der Waals surface area contributed by atoms with Crippen LogP contribution >= 0.6 is 0 Å². The number of imidazole rings is 1. The Labute approximate surface area is 111 Å². The van der Waals surface area contributed by atoms with Crippen molar-refractivity contribution >= 4 is 11.9 Å². The average molecular weight is 265 g/mol. The van der Waals surface area contributed by atoms with Gasteiger partial charge in [0, 0.05) is 0 Å². The molecule has 0 radical (unpaired) electrons. The maximum atomic E-state index is 12.0. The lowest BCUT2D eigenvalue weighted by atomic mass is 9.75. The molecule has 6 nitrogen and oxygen atoms in total. The van der Waals surface area contributed by atoms with Gasteiger partial charge in [-0.1, -0.05) is 13.3 Å². The largest absolute Gasteiger partial charge is 0.480 e. The third-order valence-electron chi connectivity index (χ3n) is 4.04. The molecule has 0 bridgehead atoms. The van der Waals surface area contributed by atoms with Gasteiger partial charge in [-0.15, -0.1) is 0 Å². The number of hydrogen-bond donors (Lipinski definition) is 3. The molecule has 3 N–H and O–H groups in total. The second kappa shape index (κ2) is 5.42. The molecule has 2 rings (SSSR count). The molecule has 1 aromatic rings. The number of aromatic nitrogens is 2. The molecule has 1 aromatic heterocycles. The van der Waals surface area contributed by atoms with Crippen LogP contribution < -0.4 is 5.32 Å². The smallest absolute Gasteiger partial charge is 0.329 e. The van der Waals surface area contributed by atoms with Crippen molar-refractivity contribution in [2.45, 2.75) is 44.6 Å². The summed E-state index contributed by atoms with van der Waals surface area (Å²) < 4.78 is 0. The van der Waals surface area contributed by atoms with Crippen LogP contribution in [0.15, 0.2) is 12.5 Å². The Balaban J connectivity index is 2.09. The molecule has 1 amide bonds. The van der Waals surface area contributed by atoms with E-state index < -0.39 is 17.4 Å². The number of hydrogen-bond acceptors (Lipinski definition) is 3. The van der Waals surface area contributed by atoms with E-state index in [0.29, 0.717) is 24.5 Å². The SMILES string of the molecule is CCC1CCC(NC(=O)c2cnc[nH]2)(C(=O)O)CC1. The van der Waals surface area contributed by atoms with Gasteiger partial charge in [-0.25, -0.2) is 9.78 Å². The third-order valence-corrected chi connectivity index (χ3v) is 4.04. The van der Waals surface area contributed by atoms with Crippen molar-refractivity contribution in [2.75, 3.05) is 0 Å². The minimum absolute atomic E-state index is 0.290. The number of nitrogens with one attached hydrogen (secondary N) is 2. The van der Waals surface area contributed by atoms with Crippen LogP contribution in [-0.2, 0) is 4.79 Å². The van der Waals surface area contributed by atoms with Crippen molar-refractivity contribution < 1.29 is 14.7 Å². The van der Waals surface area contributed by atoms with Gasteiger partial charge >= 0.3 is 5.97 Å². The number of carboxylic acid groups (broad SMARTS) is 1. The zero-order valence-electron chi connectivity index (χ0n) is 11.0. The highest BCUT2D eigenvalue weighted by Gasteiger charge is 2.43. The predicted octanol–water partition coefficient (Wildman–Crippen LogP) is 1.56. The minimum Gasteiger partial charge on any atom is -0.480 e. The Morgan fingerprint density at radius 3 is 2.68 bits per heavy atom. The molecule has 1 heterocycles. The molecule has 0 unspecified atom stereocenters. The lowest BCUT2D eigenvalue weighted by molar-refractivity contribution is -0.146. The van der Waals surface area contributed by atoms with E-state index in [1.54, 1.807) is 0 Å². The summed E-state index contributed by atoms with van der Waals surface area (Å²) >= 11 is 0. The van der Waals surface area contributed by atoms with E-state index >= 15 is 0 Å². The van der Waals surface area contributed by atoms with Crippen molar-refractivity contribution in [3.63, 3.8) is 0 Å². The molecule has 0 aromatic carbocycles. The number of aromatic amines is 1. The van der Waals surface area contributed by atoms with Gasteiger partial charge in [-0.3, -0.25) is 4.79 Å². The average Bonchev–Trinajstić information content (AvgIpc) is 2.93. The van der Waals surface area contributed by atoms with E-state index in [1.807, 2.05) is 0 Å². The van der Waals surface area contributed by atoms with Crippen LogP contribution in [0.25, 0.3) is 0 Å². The van der Waals surface area contributed by atoms with E-state index in [1.165, 1.54) is 12.5 Å². The second-order valence-corrected chi connectivity index (χ2v) is 5.16. The lowest BCUT2D eigenvalue weighted by Crippen LogP contribution is -2.56. The predicted molar refractivity (Wildman–Crippen MR) is 68.7 cm³/mol. The van der Waals surface area contributed by atoms with E-state index in [9.17, 15) is 14.7 Å². The fourth-order valence-electron chi connectivity index (χ4n) is 2.64. The fraction of sp³-hybridized carbons (Fsp3) is 0.615. The van der Waals surface area contributed by atoms with Gasteiger partial charge in [-0.2, -0.15) is 0 Å². The van der Waals surface area contributed by atoms with Gasteiger partial charge in [-0.05, 0) is 31.6 Å². The Morgan fingerprint density at radius 2 is 2.21 bits per heavy atom. The van der Waals surface area contributed by atoms with Gasteiger partial charge < -0.3 is 15.4 Å². The van der Waals surface area contributed by atoms with Crippen LogP contribution in [0.5, 0.6) is 0 Å². The van der Waals surface area contributed by atoms with Crippen LogP contribution in [0, 0.1) is 5.92 Å². The van der Waals surface area contributed by atoms with Crippen molar-refractivity contribution in [3.8, 4) is 0 Å². The van der Waals surface area contributed by atoms with Crippen molar-refractivity contribution in [1.29, 1.82) is 0 Å². The van der Waals surface area contributed by atoms with Crippen molar-refractivity contribution in [2.24, 2.45) is 5.92 Å². The standard InChI is InChI=1S/C13H19N3O3/c1-2-9-3-5-13(6-4-9,12(18)19)16-11(17)10-7-14-8-15-10/h7-9H,2-6H2,1H3,(H,14,15)(H,16,17)(H,18,19). The molecule has 1 fully saturated rings. The number of H-pyrrole nitrogens is 1. The molecule has 19 heavy (non-hydrogen) atoms. The first-order valence-corrected chi connectivity index (χ1v) is 6.61. The molecule has 0 spiro atoms. The molecule has 1 aliphatic rings. The van der Waals surface area contributed by atoms with Gasteiger partial charge in [0.25, 0.3) is 5.91 Å². The molecule has 104 valence electrons. The number of nitrogens with zero attached hydrogens (tertiary/aromatic N) is 1. The Hall–Kier alpha value is -1.85. The zero-order chi connectivity index (χ0) is 13.9. The van der Waals surface area contributed by atoms with E-state index in [0.717, 1.165) is 19.3 Å². The van der Waals surface area contributed by atoms with Gasteiger partial charge in [0.15, 0.2) is 0 Å². The lowest BCUT2D eigenvalue weighted by Gasteiger charge is -2.37. The normalized spacial score (nSPS) is 26.9. The first kappa shape index (κ1) is 13.6. The Kier molecular flexibility index (Phi) is 3.87. The molecule has 6 heteroatoms. The van der Waals surface area contributed by atoms with Crippen molar-refractivity contribution in [3.05, 3.63) is 18.2 Å². The fourth-order valence-corrected chi connectivity index (χ4v) is 2.64. The Bertz CT molecular complexity index is 448. The highest BCUT2D eigenvalue weighted by atomic mass is 16.4. The topological polar surface area (TPSA) is 95.1 Å². The summed E-state index contributed by atoms with van der Waals surface area (Å²) in [6.45, 7) is 2.11.